The van der Waals surface area contributed by atoms with Gasteiger partial charge in [0.25, 0.3) is 5.78 Å². The minimum atomic E-state index is -0.517. The predicted molar refractivity (Wildman–Crippen MR) is 125 cm³/mol. The summed E-state index contributed by atoms with van der Waals surface area (Å²) in [5.41, 5.74) is 0.758. The normalized spacial score (nSPS) is 12.5. The van der Waals surface area contributed by atoms with Gasteiger partial charge in [-0.1, -0.05) is 29.4 Å². The van der Waals surface area contributed by atoms with Crippen molar-refractivity contribution in [3.05, 3.63) is 58.6 Å². The highest BCUT2D eigenvalue weighted by atomic mass is 35.5. The number of rotatable bonds is 7. The van der Waals surface area contributed by atoms with Crippen LogP contribution in [0.2, 0.25) is 5.02 Å². The molecule has 1 amide bonds. The molecule has 0 atom stereocenters. The number of carbonyl (C=O) groups excluding carboxylic acids is 2. The second kappa shape index (κ2) is 9.35. The van der Waals surface area contributed by atoms with E-state index in [0.29, 0.717) is 27.9 Å². The molecule has 0 bridgehead atoms. The summed E-state index contributed by atoms with van der Waals surface area (Å²) in [7, 11) is 0. The molecular formula is C21H15ClFN7O4S. The van der Waals surface area contributed by atoms with Gasteiger partial charge in [0.1, 0.15) is 12.1 Å². The molecular weight excluding hydrogens is 501 g/mol. The summed E-state index contributed by atoms with van der Waals surface area (Å²) in [5.74, 6) is -0.00684. The number of nitrogens with one attached hydrogen (secondary N) is 1. The van der Waals surface area contributed by atoms with Crippen molar-refractivity contribution < 1.29 is 23.5 Å². The Labute approximate surface area is 205 Å². The first-order chi connectivity index (χ1) is 16.9. The maximum atomic E-state index is 14.0. The summed E-state index contributed by atoms with van der Waals surface area (Å²) in [5, 5.41) is 19.6. The Bertz CT molecular complexity index is 1480. The Hall–Kier alpha value is -3.97. The van der Waals surface area contributed by atoms with Crippen LogP contribution < -0.4 is 14.8 Å². The van der Waals surface area contributed by atoms with E-state index in [2.05, 4.69) is 25.7 Å². The first kappa shape index (κ1) is 22.8. The fraction of sp³-hybridized carbons (Fsp3) is 0.143. The number of nitrogens with zero attached hydrogens (tertiary/aromatic N) is 6. The van der Waals surface area contributed by atoms with Gasteiger partial charge in [-0.3, -0.25) is 9.59 Å². The van der Waals surface area contributed by atoms with Crippen molar-refractivity contribution in [2.45, 2.75) is 12.1 Å². The molecule has 0 unspecified atom stereocenters. The highest BCUT2D eigenvalue weighted by Crippen LogP contribution is 2.37. The SMILES string of the molecule is CC(=O)c1cc2c(cc1NC(=O)CSc1nnc3n(/N=C\c4c(F)cccc4Cl)cnn13)OCO2. The molecule has 1 aliphatic rings. The Morgan fingerprint density at radius 3 is 2.86 bits per heavy atom. The van der Waals surface area contributed by atoms with Crippen molar-refractivity contribution in [1.29, 1.82) is 0 Å². The number of ether oxygens (including phenoxy) is 2. The first-order valence-electron chi connectivity index (χ1n) is 10.0. The number of hydrogen-bond acceptors (Lipinski definition) is 9. The molecule has 0 fully saturated rings. The lowest BCUT2D eigenvalue weighted by molar-refractivity contribution is -0.113. The molecule has 4 aromatic rings. The zero-order chi connectivity index (χ0) is 24.5. The van der Waals surface area contributed by atoms with Gasteiger partial charge < -0.3 is 14.8 Å². The van der Waals surface area contributed by atoms with E-state index in [0.717, 1.165) is 11.8 Å². The van der Waals surface area contributed by atoms with E-state index < -0.39 is 5.82 Å². The Morgan fingerprint density at radius 2 is 2.09 bits per heavy atom. The van der Waals surface area contributed by atoms with Gasteiger partial charge in [-0.2, -0.15) is 19.4 Å². The molecule has 0 aliphatic carbocycles. The van der Waals surface area contributed by atoms with E-state index in [4.69, 9.17) is 21.1 Å². The molecule has 1 aliphatic heterocycles. The van der Waals surface area contributed by atoms with Gasteiger partial charge in [-0.15, -0.1) is 10.2 Å². The number of fused-ring (bicyclic) bond motifs is 2. The predicted octanol–water partition coefficient (Wildman–Crippen LogP) is 3.26. The molecule has 178 valence electrons. The molecule has 3 heterocycles. The number of anilines is 1. The van der Waals surface area contributed by atoms with Gasteiger partial charge in [0.2, 0.25) is 17.9 Å². The minimum Gasteiger partial charge on any atom is -0.454 e. The second-order valence-corrected chi connectivity index (χ2v) is 8.54. The topological polar surface area (TPSA) is 125 Å². The van der Waals surface area contributed by atoms with Crippen LogP contribution in [0, 0.1) is 5.82 Å². The monoisotopic (exact) mass is 515 g/mol. The summed E-state index contributed by atoms with van der Waals surface area (Å²) >= 11 is 7.10. The van der Waals surface area contributed by atoms with Crippen LogP contribution in [0.4, 0.5) is 10.1 Å². The number of amides is 1. The highest BCUT2D eigenvalue weighted by Gasteiger charge is 2.21. The van der Waals surface area contributed by atoms with Crippen molar-refractivity contribution in [1.82, 2.24) is 24.5 Å². The number of hydrogen-bond donors (Lipinski definition) is 1. The molecule has 14 heteroatoms. The third kappa shape index (κ3) is 4.55. The molecule has 2 aromatic heterocycles. The smallest absolute Gasteiger partial charge is 0.275 e. The standard InChI is InChI=1S/C21H15ClFN7O4S/c1-11(31)12-5-17-18(34-10-33-17)6-16(12)26-19(32)8-35-21-28-27-20-29(9-25-30(20)21)24-7-13-14(22)3-2-4-15(13)23/h2-7,9H,8,10H2,1H3,(H,26,32)/b24-7-. The van der Waals surface area contributed by atoms with Crippen LogP contribution in [0.25, 0.3) is 5.78 Å². The zero-order valence-corrected chi connectivity index (χ0v) is 19.5. The fourth-order valence-corrected chi connectivity index (χ4v) is 4.13. The zero-order valence-electron chi connectivity index (χ0n) is 17.9. The van der Waals surface area contributed by atoms with Crippen LogP contribution in [0.5, 0.6) is 11.5 Å². The van der Waals surface area contributed by atoms with Gasteiger partial charge >= 0.3 is 0 Å². The molecule has 0 saturated carbocycles. The van der Waals surface area contributed by atoms with E-state index >= 15 is 0 Å². The number of halogens is 2. The number of thioether (sulfide) groups is 1. The van der Waals surface area contributed by atoms with Crippen LogP contribution in [0.15, 0.2) is 46.9 Å². The number of aromatic nitrogens is 5. The van der Waals surface area contributed by atoms with Gasteiger partial charge in [-0.25, -0.2) is 4.39 Å². The largest absolute Gasteiger partial charge is 0.454 e. The number of carbonyl (C=O) groups is 2. The van der Waals surface area contributed by atoms with Crippen LogP contribution in [-0.4, -0.2) is 54.9 Å². The van der Waals surface area contributed by atoms with E-state index in [9.17, 15) is 14.0 Å². The summed E-state index contributed by atoms with van der Waals surface area (Å²) in [6.07, 6.45) is 2.62. The van der Waals surface area contributed by atoms with Gasteiger partial charge in [0, 0.05) is 17.2 Å². The number of Topliss-reactive ketones (excluding diaryl/α,β-unsaturated/α-hetero) is 1. The van der Waals surface area contributed by atoms with Gasteiger partial charge in [-0.05, 0) is 25.1 Å². The molecule has 0 saturated heterocycles. The van der Waals surface area contributed by atoms with E-state index in [-0.39, 0.29) is 40.6 Å². The van der Waals surface area contributed by atoms with Crippen LogP contribution >= 0.6 is 23.4 Å². The maximum absolute atomic E-state index is 14.0. The Balaban J connectivity index is 1.28. The van der Waals surface area contributed by atoms with E-state index in [1.54, 1.807) is 12.1 Å². The highest BCUT2D eigenvalue weighted by molar-refractivity contribution is 7.99. The maximum Gasteiger partial charge on any atom is 0.275 e. The molecule has 5 rings (SSSR count). The number of ketones is 1. The fourth-order valence-electron chi connectivity index (χ4n) is 3.23. The van der Waals surface area contributed by atoms with Crippen molar-refractivity contribution in [3.63, 3.8) is 0 Å². The average molecular weight is 516 g/mol. The van der Waals surface area contributed by atoms with Crippen molar-refractivity contribution in [2.24, 2.45) is 5.10 Å². The van der Waals surface area contributed by atoms with E-state index in [1.165, 1.54) is 46.9 Å². The number of benzene rings is 2. The second-order valence-electron chi connectivity index (χ2n) is 7.19. The average Bonchev–Trinajstić information content (AvgIpc) is 3.54. The quantitative estimate of drug-likeness (QED) is 0.226. The first-order valence-corrected chi connectivity index (χ1v) is 11.4. The van der Waals surface area contributed by atoms with Crippen molar-refractivity contribution in [3.8, 4) is 11.5 Å². The molecule has 1 N–H and O–H groups in total. The minimum absolute atomic E-state index is 0.0342. The summed E-state index contributed by atoms with van der Waals surface area (Å²) in [6.45, 7) is 1.45. The van der Waals surface area contributed by atoms with E-state index in [1.807, 2.05) is 0 Å². The Morgan fingerprint density at radius 1 is 1.29 bits per heavy atom. The molecule has 2 aromatic carbocycles. The lowest BCUT2D eigenvalue weighted by atomic mass is 10.1. The molecule has 11 nitrogen and oxygen atoms in total. The van der Waals surface area contributed by atoms with Gasteiger partial charge in [0.05, 0.1) is 22.7 Å². The van der Waals surface area contributed by atoms with Crippen LogP contribution in [-0.2, 0) is 4.79 Å². The lowest BCUT2D eigenvalue weighted by Gasteiger charge is -2.10. The van der Waals surface area contributed by atoms with Crippen LogP contribution in [0.1, 0.15) is 22.8 Å². The van der Waals surface area contributed by atoms with Gasteiger partial charge in [0.15, 0.2) is 17.3 Å². The van der Waals surface area contributed by atoms with Crippen molar-refractivity contribution in [2.75, 3.05) is 17.9 Å². The third-order valence-corrected chi connectivity index (χ3v) is 6.14. The summed E-state index contributed by atoms with van der Waals surface area (Å²) in [6, 6.07) is 7.41. The van der Waals surface area contributed by atoms with Crippen molar-refractivity contribution >= 4 is 52.7 Å². The molecule has 35 heavy (non-hydrogen) atoms. The molecule has 0 radical (unpaired) electrons. The lowest BCUT2D eigenvalue weighted by Crippen LogP contribution is -2.16. The molecule has 0 spiro atoms. The summed E-state index contributed by atoms with van der Waals surface area (Å²) in [4.78, 5) is 24.6. The third-order valence-electron chi connectivity index (χ3n) is 4.89. The Kier molecular flexibility index (Phi) is 6.09. The summed E-state index contributed by atoms with van der Waals surface area (Å²) < 4.78 is 27.3. The van der Waals surface area contributed by atoms with Crippen LogP contribution in [0.3, 0.4) is 0 Å².